The van der Waals surface area contributed by atoms with Gasteiger partial charge in [-0.1, -0.05) is 12.1 Å². The number of hydrogen-bond donors (Lipinski definition) is 2. The number of aliphatic hydroxyl groups excluding tert-OH is 1. The van der Waals surface area contributed by atoms with Crippen molar-refractivity contribution in [2.45, 2.75) is 25.5 Å². The number of benzene rings is 1. The zero-order chi connectivity index (χ0) is 12.6. The van der Waals surface area contributed by atoms with Crippen molar-refractivity contribution in [3.05, 3.63) is 29.8 Å². The molecule has 0 spiro atoms. The summed E-state index contributed by atoms with van der Waals surface area (Å²) in [6.45, 7) is 3.06. The van der Waals surface area contributed by atoms with Crippen molar-refractivity contribution in [3.8, 4) is 5.75 Å². The van der Waals surface area contributed by atoms with E-state index in [1.165, 1.54) is 18.4 Å². The molecule has 0 aromatic heterocycles. The van der Waals surface area contributed by atoms with Crippen molar-refractivity contribution < 1.29 is 14.6 Å². The molecule has 0 amide bonds. The van der Waals surface area contributed by atoms with E-state index in [0.717, 1.165) is 25.4 Å². The zero-order valence-corrected chi connectivity index (χ0v) is 10.6. The second kappa shape index (κ2) is 7.36. The van der Waals surface area contributed by atoms with E-state index in [9.17, 15) is 0 Å². The Hall–Kier alpha value is -1.10. The third-order valence-electron chi connectivity index (χ3n) is 3.01. The van der Waals surface area contributed by atoms with Crippen molar-refractivity contribution in [1.29, 1.82) is 0 Å². The van der Waals surface area contributed by atoms with Gasteiger partial charge in [0.25, 0.3) is 0 Å². The molecule has 18 heavy (non-hydrogen) atoms. The maximum absolute atomic E-state index is 8.66. The van der Waals surface area contributed by atoms with Crippen LogP contribution in [0.2, 0.25) is 0 Å². The van der Waals surface area contributed by atoms with Gasteiger partial charge in [-0.25, -0.2) is 0 Å². The molecule has 0 saturated carbocycles. The summed E-state index contributed by atoms with van der Waals surface area (Å²) in [5.41, 5.74) is 1.23. The van der Waals surface area contributed by atoms with Crippen LogP contribution in [0.3, 0.4) is 0 Å². The van der Waals surface area contributed by atoms with Gasteiger partial charge in [-0.15, -0.1) is 0 Å². The average Bonchev–Trinajstić information content (AvgIpc) is 2.91. The summed E-state index contributed by atoms with van der Waals surface area (Å²) < 4.78 is 10.9. The minimum Gasteiger partial charge on any atom is -0.491 e. The lowest BCUT2D eigenvalue weighted by atomic mass is 10.2. The highest BCUT2D eigenvalue weighted by Gasteiger charge is 2.14. The van der Waals surface area contributed by atoms with E-state index in [1.54, 1.807) is 0 Å². The van der Waals surface area contributed by atoms with Crippen LogP contribution < -0.4 is 10.1 Å². The molecule has 0 bridgehead atoms. The number of rotatable bonds is 7. The SMILES string of the molecule is OCCOc1ccc(CNC[C@H]2CCCO2)cc1. The molecular formula is C14H21NO3. The number of nitrogens with one attached hydrogen (secondary N) is 1. The van der Waals surface area contributed by atoms with Crippen LogP contribution in [0.5, 0.6) is 5.75 Å². The molecule has 1 aliphatic rings. The second-order valence-corrected chi connectivity index (χ2v) is 4.48. The van der Waals surface area contributed by atoms with E-state index in [0.29, 0.717) is 12.7 Å². The Bertz CT molecular complexity index is 333. The topological polar surface area (TPSA) is 50.7 Å². The molecule has 4 nitrogen and oxygen atoms in total. The molecule has 1 fully saturated rings. The molecule has 1 aromatic rings. The summed E-state index contributed by atoms with van der Waals surface area (Å²) in [4.78, 5) is 0. The molecule has 2 rings (SSSR count). The maximum atomic E-state index is 8.66. The Morgan fingerprint density at radius 2 is 2.17 bits per heavy atom. The highest BCUT2D eigenvalue weighted by atomic mass is 16.5. The first-order valence-corrected chi connectivity index (χ1v) is 6.53. The maximum Gasteiger partial charge on any atom is 0.119 e. The van der Waals surface area contributed by atoms with Crippen molar-refractivity contribution in [3.63, 3.8) is 0 Å². The smallest absolute Gasteiger partial charge is 0.119 e. The molecule has 0 aliphatic carbocycles. The number of aliphatic hydroxyl groups is 1. The molecule has 1 aromatic carbocycles. The van der Waals surface area contributed by atoms with Crippen LogP contribution in [-0.2, 0) is 11.3 Å². The van der Waals surface area contributed by atoms with E-state index >= 15 is 0 Å². The highest BCUT2D eigenvalue weighted by Crippen LogP contribution is 2.13. The molecule has 1 aliphatic heterocycles. The summed E-state index contributed by atoms with van der Waals surface area (Å²) in [6.07, 6.45) is 2.74. The van der Waals surface area contributed by atoms with Crippen molar-refractivity contribution in [1.82, 2.24) is 5.32 Å². The van der Waals surface area contributed by atoms with Gasteiger partial charge in [-0.2, -0.15) is 0 Å². The van der Waals surface area contributed by atoms with E-state index in [-0.39, 0.29) is 6.61 Å². The standard InChI is InChI=1S/C14H21NO3/c16-7-9-18-13-5-3-12(4-6-13)10-15-11-14-2-1-8-17-14/h3-6,14-16H,1-2,7-11H2/t14-/m1/s1. The second-order valence-electron chi connectivity index (χ2n) is 4.48. The van der Waals surface area contributed by atoms with Gasteiger partial charge in [0, 0.05) is 19.7 Å². The van der Waals surface area contributed by atoms with E-state index in [4.69, 9.17) is 14.6 Å². The third-order valence-corrected chi connectivity index (χ3v) is 3.01. The Labute approximate surface area is 108 Å². The number of hydrogen-bond acceptors (Lipinski definition) is 4. The highest BCUT2D eigenvalue weighted by molar-refractivity contribution is 5.27. The normalized spacial score (nSPS) is 19.1. The van der Waals surface area contributed by atoms with Crippen molar-refractivity contribution >= 4 is 0 Å². The first-order valence-electron chi connectivity index (χ1n) is 6.53. The first-order chi connectivity index (χ1) is 8.88. The van der Waals surface area contributed by atoms with Crippen molar-refractivity contribution in [2.75, 3.05) is 26.4 Å². The van der Waals surface area contributed by atoms with Crippen LogP contribution in [0.4, 0.5) is 0 Å². The molecule has 4 heteroatoms. The molecule has 1 saturated heterocycles. The molecule has 1 heterocycles. The Balaban J connectivity index is 1.68. The summed E-state index contributed by atoms with van der Waals surface area (Å²) in [5, 5.41) is 12.1. The predicted molar refractivity (Wildman–Crippen MR) is 69.7 cm³/mol. The minimum absolute atomic E-state index is 0.0463. The van der Waals surface area contributed by atoms with E-state index in [1.807, 2.05) is 24.3 Å². The van der Waals surface area contributed by atoms with Gasteiger partial charge in [-0.3, -0.25) is 0 Å². The Kier molecular flexibility index (Phi) is 5.45. The lowest BCUT2D eigenvalue weighted by Crippen LogP contribution is -2.25. The van der Waals surface area contributed by atoms with E-state index < -0.39 is 0 Å². The largest absolute Gasteiger partial charge is 0.491 e. The van der Waals surface area contributed by atoms with Gasteiger partial charge in [0.15, 0.2) is 0 Å². The number of ether oxygens (including phenoxy) is 2. The molecular weight excluding hydrogens is 230 g/mol. The third kappa shape index (κ3) is 4.29. The predicted octanol–water partition coefficient (Wildman–Crippen LogP) is 1.33. The minimum atomic E-state index is 0.0463. The fraction of sp³-hybridized carbons (Fsp3) is 0.571. The fourth-order valence-corrected chi connectivity index (χ4v) is 2.05. The van der Waals surface area contributed by atoms with Gasteiger partial charge in [-0.05, 0) is 30.5 Å². The quantitative estimate of drug-likeness (QED) is 0.767. The van der Waals surface area contributed by atoms with Crippen LogP contribution >= 0.6 is 0 Å². The fourth-order valence-electron chi connectivity index (χ4n) is 2.05. The van der Waals surface area contributed by atoms with Crippen LogP contribution in [0, 0.1) is 0 Å². The Morgan fingerprint density at radius 1 is 1.33 bits per heavy atom. The molecule has 0 unspecified atom stereocenters. The van der Waals surface area contributed by atoms with Gasteiger partial charge in [0.05, 0.1) is 12.7 Å². The molecule has 1 atom stereocenters. The molecule has 0 radical (unpaired) electrons. The van der Waals surface area contributed by atoms with E-state index in [2.05, 4.69) is 5.32 Å². The van der Waals surface area contributed by atoms with Crippen LogP contribution in [0.1, 0.15) is 18.4 Å². The van der Waals surface area contributed by atoms with Gasteiger partial charge in [0.1, 0.15) is 12.4 Å². The van der Waals surface area contributed by atoms with Crippen LogP contribution in [0.15, 0.2) is 24.3 Å². The summed E-state index contributed by atoms with van der Waals surface area (Å²) in [7, 11) is 0. The lowest BCUT2D eigenvalue weighted by Gasteiger charge is -2.11. The first kappa shape index (κ1) is 13.3. The van der Waals surface area contributed by atoms with Gasteiger partial charge < -0.3 is 19.9 Å². The molecule has 2 N–H and O–H groups in total. The van der Waals surface area contributed by atoms with Gasteiger partial charge >= 0.3 is 0 Å². The molecule has 100 valence electrons. The van der Waals surface area contributed by atoms with Crippen LogP contribution in [0.25, 0.3) is 0 Å². The van der Waals surface area contributed by atoms with Crippen LogP contribution in [-0.4, -0.2) is 37.6 Å². The summed E-state index contributed by atoms with van der Waals surface area (Å²) in [6, 6.07) is 7.93. The lowest BCUT2D eigenvalue weighted by molar-refractivity contribution is 0.110. The average molecular weight is 251 g/mol. The van der Waals surface area contributed by atoms with Gasteiger partial charge in [0.2, 0.25) is 0 Å². The summed E-state index contributed by atoms with van der Waals surface area (Å²) >= 11 is 0. The van der Waals surface area contributed by atoms with Crippen molar-refractivity contribution in [2.24, 2.45) is 0 Å². The summed E-state index contributed by atoms with van der Waals surface area (Å²) in [5.74, 6) is 0.798. The monoisotopic (exact) mass is 251 g/mol. The Morgan fingerprint density at radius 3 is 2.83 bits per heavy atom. The zero-order valence-electron chi connectivity index (χ0n) is 10.6.